The van der Waals surface area contributed by atoms with Gasteiger partial charge < -0.3 is 5.73 Å². The van der Waals surface area contributed by atoms with Crippen LogP contribution in [0.5, 0.6) is 0 Å². The summed E-state index contributed by atoms with van der Waals surface area (Å²) in [6.45, 7) is 0. The second-order valence-corrected chi connectivity index (χ2v) is 5.81. The SMILES string of the molecule is N#Cc1c(-c2cccc(C(F)(F)F)c2)cc(-c2ccc([N+](=O)[O-])cc2)nc1N. The lowest BCUT2D eigenvalue weighted by molar-refractivity contribution is -0.384. The monoisotopic (exact) mass is 384 g/mol. The van der Waals surface area contributed by atoms with Crippen LogP contribution < -0.4 is 5.73 Å². The number of nitro benzene ring substituents is 1. The van der Waals surface area contributed by atoms with Gasteiger partial charge in [-0.3, -0.25) is 10.1 Å². The molecule has 0 aliphatic heterocycles. The highest BCUT2D eigenvalue weighted by atomic mass is 19.4. The van der Waals surface area contributed by atoms with Crippen LogP contribution >= 0.6 is 0 Å². The van der Waals surface area contributed by atoms with E-state index in [1.165, 1.54) is 42.5 Å². The van der Waals surface area contributed by atoms with E-state index in [-0.39, 0.29) is 33.9 Å². The molecule has 0 unspecified atom stereocenters. The summed E-state index contributed by atoms with van der Waals surface area (Å²) >= 11 is 0. The molecule has 3 rings (SSSR count). The zero-order valence-electron chi connectivity index (χ0n) is 14.1. The number of non-ortho nitro benzene ring substituents is 1. The lowest BCUT2D eigenvalue weighted by atomic mass is 9.97. The molecule has 0 bridgehead atoms. The maximum atomic E-state index is 13.0. The van der Waals surface area contributed by atoms with Gasteiger partial charge in [-0.1, -0.05) is 12.1 Å². The Morgan fingerprint density at radius 3 is 2.32 bits per heavy atom. The molecule has 6 nitrogen and oxygen atoms in total. The van der Waals surface area contributed by atoms with Crippen molar-refractivity contribution >= 4 is 11.5 Å². The summed E-state index contributed by atoms with van der Waals surface area (Å²) in [5.74, 6) is -0.147. The Labute approximate surface area is 156 Å². The van der Waals surface area contributed by atoms with Crippen LogP contribution in [0.4, 0.5) is 24.7 Å². The predicted octanol–water partition coefficient (Wildman–Crippen LogP) is 4.80. The number of alkyl halides is 3. The third-order valence-corrected chi connectivity index (χ3v) is 4.03. The summed E-state index contributed by atoms with van der Waals surface area (Å²) in [5, 5.41) is 20.2. The average Bonchev–Trinajstić information content (AvgIpc) is 2.67. The first-order valence-corrected chi connectivity index (χ1v) is 7.84. The predicted molar refractivity (Wildman–Crippen MR) is 95.9 cm³/mol. The van der Waals surface area contributed by atoms with E-state index in [0.29, 0.717) is 5.56 Å². The normalized spacial score (nSPS) is 11.1. The number of hydrogen-bond acceptors (Lipinski definition) is 5. The second-order valence-electron chi connectivity index (χ2n) is 5.81. The minimum Gasteiger partial charge on any atom is -0.383 e. The van der Waals surface area contributed by atoms with Gasteiger partial charge in [0.15, 0.2) is 0 Å². The van der Waals surface area contributed by atoms with Crippen molar-refractivity contribution in [3.63, 3.8) is 0 Å². The Morgan fingerprint density at radius 1 is 1.07 bits per heavy atom. The Morgan fingerprint density at radius 2 is 1.75 bits per heavy atom. The third kappa shape index (κ3) is 3.61. The van der Waals surface area contributed by atoms with Gasteiger partial charge in [0, 0.05) is 23.3 Å². The second kappa shape index (κ2) is 7.00. The van der Waals surface area contributed by atoms with Crippen molar-refractivity contribution in [1.82, 2.24) is 4.98 Å². The maximum absolute atomic E-state index is 13.0. The van der Waals surface area contributed by atoms with Crippen LogP contribution in [0.3, 0.4) is 0 Å². The van der Waals surface area contributed by atoms with E-state index in [4.69, 9.17) is 5.73 Å². The van der Waals surface area contributed by atoms with E-state index >= 15 is 0 Å². The Hall–Kier alpha value is -3.93. The smallest absolute Gasteiger partial charge is 0.383 e. The molecule has 0 aliphatic rings. The fourth-order valence-corrected chi connectivity index (χ4v) is 2.67. The highest BCUT2D eigenvalue weighted by molar-refractivity contribution is 5.80. The van der Waals surface area contributed by atoms with Gasteiger partial charge in [0.05, 0.1) is 16.2 Å². The van der Waals surface area contributed by atoms with Gasteiger partial charge in [0.2, 0.25) is 0 Å². The van der Waals surface area contributed by atoms with Crippen LogP contribution in [-0.2, 0) is 6.18 Å². The van der Waals surface area contributed by atoms with E-state index in [1.54, 1.807) is 0 Å². The maximum Gasteiger partial charge on any atom is 0.416 e. The molecule has 0 saturated carbocycles. The Kier molecular flexibility index (Phi) is 4.71. The fourth-order valence-electron chi connectivity index (χ4n) is 2.67. The number of nitrogen functional groups attached to an aromatic ring is 1. The van der Waals surface area contributed by atoms with Crippen LogP contribution in [0, 0.1) is 21.4 Å². The van der Waals surface area contributed by atoms with Gasteiger partial charge in [0.1, 0.15) is 17.5 Å². The van der Waals surface area contributed by atoms with Crippen molar-refractivity contribution in [3.8, 4) is 28.5 Å². The van der Waals surface area contributed by atoms with Crippen molar-refractivity contribution < 1.29 is 18.1 Å². The van der Waals surface area contributed by atoms with Crippen LogP contribution in [0.15, 0.2) is 54.6 Å². The molecule has 0 spiro atoms. The first-order chi connectivity index (χ1) is 13.2. The summed E-state index contributed by atoms with van der Waals surface area (Å²) < 4.78 is 39.1. The number of nitrogens with two attached hydrogens (primary N) is 1. The summed E-state index contributed by atoms with van der Waals surface area (Å²) in [7, 11) is 0. The minimum atomic E-state index is -4.54. The van der Waals surface area contributed by atoms with Crippen molar-refractivity contribution in [3.05, 3.63) is 75.8 Å². The van der Waals surface area contributed by atoms with Gasteiger partial charge in [-0.2, -0.15) is 18.4 Å². The molecule has 1 aromatic heterocycles. The number of hydrogen-bond donors (Lipinski definition) is 1. The number of halogens is 3. The van der Waals surface area contributed by atoms with Gasteiger partial charge in [-0.05, 0) is 35.9 Å². The number of nitriles is 1. The van der Waals surface area contributed by atoms with Crippen molar-refractivity contribution in [2.45, 2.75) is 6.18 Å². The van der Waals surface area contributed by atoms with Gasteiger partial charge in [0.25, 0.3) is 5.69 Å². The fraction of sp³-hybridized carbons (Fsp3) is 0.0526. The van der Waals surface area contributed by atoms with Gasteiger partial charge in [-0.25, -0.2) is 4.98 Å². The summed E-state index contributed by atoms with van der Waals surface area (Å²) in [6.07, 6.45) is -4.54. The molecule has 1 heterocycles. The standard InChI is InChI=1S/C19H11F3N4O2/c20-19(21,22)13-3-1-2-12(8-13)15-9-17(25-18(24)16(15)10-23)11-4-6-14(7-5-11)26(27)28/h1-9H,(H2,24,25). The van der Waals surface area contributed by atoms with E-state index in [9.17, 15) is 28.5 Å². The molecule has 28 heavy (non-hydrogen) atoms. The van der Waals surface area contributed by atoms with Crippen molar-refractivity contribution in [2.24, 2.45) is 0 Å². The van der Waals surface area contributed by atoms with Crippen molar-refractivity contribution in [1.29, 1.82) is 5.26 Å². The molecule has 2 aromatic carbocycles. The number of aromatic nitrogens is 1. The molecular formula is C19H11F3N4O2. The molecule has 0 fully saturated rings. The molecule has 0 amide bonds. The van der Waals surface area contributed by atoms with Crippen LogP contribution in [0.2, 0.25) is 0 Å². The van der Waals surface area contributed by atoms with Crippen molar-refractivity contribution in [2.75, 3.05) is 5.73 Å². The Bertz CT molecular complexity index is 1100. The zero-order chi connectivity index (χ0) is 20.5. The zero-order valence-corrected chi connectivity index (χ0v) is 14.1. The van der Waals surface area contributed by atoms with Crippen LogP contribution in [-0.4, -0.2) is 9.91 Å². The quantitative estimate of drug-likeness (QED) is 0.516. The van der Waals surface area contributed by atoms with Gasteiger partial charge in [-0.15, -0.1) is 0 Å². The first kappa shape index (κ1) is 18.8. The van der Waals surface area contributed by atoms with Crippen LogP contribution in [0.1, 0.15) is 11.1 Å². The highest BCUT2D eigenvalue weighted by Gasteiger charge is 2.30. The number of nitrogens with zero attached hydrogens (tertiary/aromatic N) is 3. The lowest BCUT2D eigenvalue weighted by Crippen LogP contribution is -2.05. The molecule has 0 saturated heterocycles. The largest absolute Gasteiger partial charge is 0.416 e. The van der Waals surface area contributed by atoms with E-state index < -0.39 is 16.7 Å². The molecule has 140 valence electrons. The summed E-state index contributed by atoms with van der Waals surface area (Å²) in [6, 6.07) is 13.3. The number of pyridine rings is 1. The molecule has 2 N–H and O–H groups in total. The molecule has 0 atom stereocenters. The molecule has 3 aromatic rings. The number of nitro groups is 1. The number of benzene rings is 2. The highest BCUT2D eigenvalue weighted by Crippen LogP contribution is 2.35. The van der Waals surface area contributed by atoms with E-state index in [2.05, 4.69) is 4.98 Å². The number of rotatable bonds is 3. The van der Waals surface area contributed by atoms with Gasteiger partial charge >= 0.3 is 6.18 Å². The molecule has 0 aliphatic carbocycles. The lowest BCUT2D eigenvalue weighted by Gasteiger charge is -2.12. The van der Waals surface area contributed by atoms with E-state index in [1.807, 2.05) is 6.07 Å². The molecule has 0 radical (unpaired) electrons. The minimum absolute atomic E-state index is 0.0509. The Balaban J connectivity index is 2.17. The van der Waals surface area contributed by atoms with Crippen LogP contribution in [0.25, 0.3) is 22.4 Å². The molecule has 9 heteroatoms. The molecular weight excluding hydrogens is 373 g/mol. The average molecular weight is 384 g/mol. The summed E-state index contributed by atoms with van der Waals surface area (Å²) in [5.41, 5.74) is 5.90. The summed E-state index contributed by atoms with van der Waals surface area (Å²) in [4.78, 5) is 14.3. The first-order valence-electron chi connectivity index (χ1n) is 7.84. The third-order valence-electron chi connectivity index (χ3n) is 4.03. The topological polar surface area (TPSA) is 106 Å². The number of anilines is 1. The van der Waals surface area contributed by atoms with E-state index in [0.717, 1.165) is 12.1 Å².